The van der Waals surface area contributed by atoms with Gasteiger partial charge in [-0.05, 0) is 43.9 Å². The van der Waals surface area contributed by atoms with E-state index in [1.54, 1.807) is 0 Å². The van der Waals surface area contributed by atoms with E-state index >= 15 is 0 Å². The third kappa shape index (κ3) is 3.19. The van der Waals surface area contributed by atoms with Crippen LogP contribution in [0.25, 0.3) is 0 Å². The first-order valence-electron chi connectivity index (χ1n) is 5.63. The molecule has 0 heterocycles. The summed E-state index contributed by atoms with van der Waals surface area (Å²) < 4.78 is 0. The molecule has 1 aromatic rings. The van der Waals surface area contributed by atoms with Crippen LogP contribution >= 0.6 is 0 Å². The molecule has 0 atom stereocenters. The van der Waals surface area contributed by atoms with E-state index < -0.39 is 0 Å². The van der Waals surface area contributed by atoms with E-state index in [0.717, 1.165) is 6.42 Å². The van der Waals surface area contributed by atoms with Crippen LogP contribution in [0.5, 0.6) is 0 Å². The zero-order chi connectivity index (χ0) is 11.4. The summed E-state index contributed by atoms with van der Waals surface area (Å²) in [7, 11) is 0. The third-order valence-corrected chi connectivity index (χ3v) is 2.74. The lowest BCUT2D eigenvalue weighted by Gasteiger charge is -2.10. The molecule has 0 spiro atoms. The molecule has 0 unspecified atom stereocenters. The Bertz CT molecular complexity index is 341. The number of ketones is 1. The Morgan fingerprint density at radius 2 is 1.67 bits per heavy atom. The van der Waals surface area contributed by atoms with Crippen molar-refractivity contribution in [1.29, 1.82) is 0 Å². The quantitative estimate of drug-likeness (QED) is 0.733. The molecule has 0 N–H and O–H groups in total. The lowest BCUT2D eigenvalue weighted by molar-refractivity contribution is -0.118. The van der Waals surface area contributed by atoms with Crippen molar-refractivity contribution < 1.29 is 4.79 Å². The van der Waals surface area contributed by atoms with Crippen LogP contribution in [0.2, 0.25) is 0 Å². The van der Waals surface area contributed by atoms with Gasteiger partial charge in [-0.1, -0.05) is 24.6 Å². The van der Waals surface area contributed by atoms with E-state index in [0.29, 0.717) is 18.6 Å². The molecule has 0 aliphatic carbocycles. The molecule has 0 aliphatic rings. The molecule has 1 nitrogen and oxygen atoms in total. The van der Waals surface area contributed by atoms with Gasteiger partial charge in [0.25, 0.3) is 0 Å². The normalized spacial score (nSPS) is 10.4. The average Bonchev–Trinajstić information content (AvgIpc) is 2.11. The van der Waals surface area contributed by atoms with Gasteiger partial charge in [0.1, 0.15) is 5.78 Å². The van der Waals surface area contributed by atoms with E-state index in [1.807, 2.05) is 6.92 Å². The molecular formula is C14H20O. The minimum Gasteiger partial charge on any atom is -0.299 e. The molecule has 0 saturated heterocycles. The number of carbonyl (C=O) groups is 1. The Morgan fingerprint density at radius 3 is 2.13 bits per heavy atom. The first kappa shape index (κ1) is 12.0. The summed E-state index contributed by atoms with van der Waals surface area (Å²) in [4.78, 5) is 11.6. The van der Waals surface area contributed by atoms with Gasteiger partial charge < -0.3 is 0 Å². The predicted octanol–water partition coefficient (Wildman–Crippen LogP) is 3.52. The van der Waals surface area contributed by atoms with Crippen LogP contribution in [0.3, 0.4) is 0 Å². The van der Waals surface area contributed by atoms with Gasteiger partial charge in [-0.2, -0.15) is 0 Å². The van der Waals surface area contributed by atoms with Gasteiger partial charge in [0.2, 0.25) is 0 Å². The lowest BCUT2D eigenvalue weighted by Crippen LogP contribution is -2.05. The molecule has 1 rings (SSSR count). The van der Waals surface area contributed by atoms with Crippen LogP contribution in [0.1, 0.15) is 42.0 Å². The standard InChI is InChI=1S/C14H20O/c1-5-6-13(15)9-14-11(3)7-10(2)8-12(14)4/h7-8H,5-6,9H2,1-4H3. The van der Waals surface area contributed by atoms with Crippen LogP contribution in [-0.2, 0) is 11.2 Å². The highest BCUT2D eigenvalue weighted by molar-refractivity contribution is 5.81. The van der Waals surface area contributed by atoms with E-state index in [-0.39, 0.29) is 0 Å². The van der Waals surface area contributed by atoms with Gasteiger partial charge in [0.15, 0.2) is 0 Å². The van der Waals surface area contributed by atoms with Crippen molar-refractivity contribution >= 4 is 5.78 Å². The molecule has 0 aliphatic heterocycles. The number of rotatable bonds is 4. The second kappa shape index (κ2) is 5.11. The van der Waals surface area contributed by atoms with E-state index in [1.165, 1.54) is 22.3 Å². The van der Waals surface area contributed by atoms with E-state index in [9.17, 15) is 4.79 Å². The van der Waals surface area contributed by atoms with Gasteiger partial charge >= 0.3 is 0 Å². The fourth-order valence-electron chi connectivity index (χ4n) is 2.05. The summed E-state index contributed by atoms with van der Waals surface area (Å²) in [5.74, 6) is 0.354. The van der Waals surface area contributed by atoms with Crippen LogP contribution in [-0.4, -0.2) is 5.78 Å². The van der Waals surface area contributed by atoms with Crippen molar-refractivity contribution in [2.24, 2.45) is 0 Å². The summed E-state index contributed by atoms with van der Waals surface area (Å²) in [5.41, 5.74) is 4.99. The number of aryl methyl sites for hydroxylation is 3. The van der Waals surface area contributed by atoms with Gasteiger partial charge in [-0.25, -0.2) is 0 Å². The Labute approximate surface area is 92.5 Å². The maximum atomic E-state index is 11.6. The Balaban J connectivity index is 2.90. The number of hydrogen-bond donors (Lipinski definition) is 0. The average molecular weight is 204 g/mol. The van der Waals surface area contributed by atoms with Crippen LogP contribution in [0, 0.1) is 20.8 Å². The summed E-state index contributed by atoms with van der Waals surface area (Å²) in [5, 5.41) is 0. The molecule has 0 amide bonds. The highest BCUT2D eigenvalue weighted by Gasteiger charge is 2.08. The monoisotopic (exact) mass is 204 g/mol. The van der Waals surface area contributed by atoms with Gasteiger partial charge in [0.05, 0.1) is 0 Å². The fourth-order valence-corrected chi connectivity index (χ4v) is 2.05. The molecular weight excluding hydrogens is 184 g/mol. The molecule has 0 fully saturated rings. The topological polar surface area (TPSA) is 17.1 Å². The Hall–Kier alpha value is -1.11. The Kier molecular flexibility index (Phi) is 4.07. The van der Waals surface area contributed by atoms with Crippen molar-refractivity contribution in [3.05, 3.63) is 34.4 Å². The van der Waals surface area contributed by atoms with Crippen molar-refractivity contribution in [3.63, 3.8) is 0 Å². The summed E-state index contributed by atoms with van der Waals surface area (Å²) in [6.07, 6.45) is 2.25. The second-order valence-corrected chi connectivity index (χ2v) is 4.34. The highest BCUT2D eigenvalue weighted by Crippen LogP contribution is 2.17. The highest BCUT2D eigenvalue weighted by atomic mass is 16.1. The van der Waals surface area contributed by atoms with Crippen LogP contribution in [0.4, 0.5) is 0 Å². The SMILES string of the molecule is CCCC(=O)Cc1c(C)cc(C)cc1C. The summed E-state index contributed by atoms with van der Waals surface area (Å²) in [6, 6.07) is 4.31. The molecule has 82 valence electrons. The minimum atomic E-state index is 0.354. The maximum Gasteiger partial charge on any atom is 0.137 e. The first-order chi connectivity index (χ1) is 7.04. The maximum absolute atomic E-state index is 11.6. The smallest absolute Gasteiger partial charge is 0.137 e. The molecule has 1 heteroatoms. The lowest BCUT2D eigenvalue weighted by atomic mass is 9.95. The van der Waals surface area contributed by atoms with Gasteiger partial charge in [-0.3, -0.25) is 4.79 Å². The fraction of sp³-hybridized carbons (Fsp3) is 0.500. The molecule has 15 heavy (non-hydrogen) atoms. The van der Waals surface area contributed by atoms with E-state index in [2.05, 4.69) is 32.9 Å². The summed E-state index contributed by atoms with van der Waals surface area (Å²) in [6.45, 7) is 8.33. The molecule has 0 saturated carbocycles. The second-order valence-electron chi connectivity index (χ2n) is 4.34. The van der Waals surface area contributed by atoms with Crippen molar-refractivity contribution in [1.82, 2.24) is 0 Å². The number of hydrogen-bond acceptors (Lipinski definition) is 1. The number of carbonyl (C=O) groups excluding carboxylic acids is 1. The molecule has 0 bridgehead atoms. The molecule has 1 aromatic carbocycles. The van der Waals surface area contributed by atoms with Gasteiger partial charge in [-0.15, -0.1) is 0 Å². The van der Waals surface area contributed by atoms with Crippen LogP contribution in [0.15, 0.2) is 12.1 Å². The first-order valence-corrected chi connectivity index (χ1v) is 5.63. The van der Waals surface area contributed by atoms with Crippen molar-refractivity contribution in [2.45, 2.75) is 47.0 Å². The molecule has 0 radical (unpaired) electrons. The largest absolute Gasteiger partial charge is 0.299 e. The van der Waals surface area contributed by atoms with Gasteiger partial charge in [0, 0.05) is 12.8 Å². The number of benzene rings is 1. The Morgan fingerprint density at radius 1 is 1.13 bits per heavy atom. The van der Waals surface area contributed by atoms with Crippen LogP contribution < -0.4 is 0 Å². The van der Waals surface area contributed by atoms with Crippen molar-refractivity contribution in [3.8, 4) is 0 Å². The summed E-state index contributed by atoms with van der Waals surface area (Å²) >= 11 is 0. The third-order valence-electron chi connectivity index (χ3n) is 2.74. The zero-order valence-electron chi connectivity index (χ0n) is 10.2. The minimum absolute atomic E-state index is 0.354. The molecule has 0 aromatic heterocycles. The van der Waals surface area contributed by atoms with Crippen molar-refractivity contribution in [2.75, 3.05) is 0 Å². The van der Waals surface area contributed by atoms with E-state index in [4.69, 9.17) is 0 Å². The zero-order valence-corrected chi connectivity index (χ0v) is 10.2. The predicted molar refractivity (Wildman–Crippen MR) is 64.3 cm³/mol. The number of Topliss-reactive ketones (excluding diaryl/α,β-unsaturated/α-hetero) is 1.